The smallest absolute Gasteiger partial charge is 0.0689 e. The van der Waals surface area contributed by atoms with Crippen molar-refractivity contribution in [2.75, 3.05) is 19.8 Å². The lowest BCUT2D eigenvalue weighted by molar-refractivity contribution is 0.148. The van der Waals surface area contributed by atoms with Gasteiger partial charge in [-0.1, -0.05) is 25.8 Å². The lowest BCUT2D eigenvalue weighted by Gasteiger charge is -2.22. The van der Waals surface area contributed by atoms with Crippen LogP contribution in [0.15, 0.2) is 11.6 Å². The molecule has 110 valence electrons. The third-order valence-electron chi connectivity index (χ3n) is 4.07. The molecule has 0 aromatic carbocycles. The van der Waals surface area contributed by atoms with Crippen molar-refractivity contribution in [1.82, 2.24) is 5.32 Å². The van der Waals surface area contributed by atoms with Crippen LogP contribution in [0, 0.1) is 0 Å². The second-order valence-corrected chi connectivity index (χ2v) is 7.82. The molecule has 0 aromatic rings. The van der Waals surface area contributed by atoms with Gasteiger partial charge in [-0.25, -0.2) is 0 Å². The van der Waals surface area contributed by atoms with Crippen molar-refractivity contribution < 1.29 is 4.74 Å². The van der Waals surface area contributed by atoms with E-state index in [2.05, 4.69) is 37.0 Å². The molecule has 1 heterocycles. The Morgan fingerprint density at radius 3 is 2.84 bits per heavy atom. The summed E-state index contributed by atoms with van der Waals surface area (Å²) in [4.78, 5) is 0. The van der Waals surface area contributed by atoms with E-state index in [1.807, 2.05) is 0 Å². The lowest BCUT2D eigenvalue weighted by Crippen LogP contribution is -2.32. The Labute approximate surface area is 122 Å². The molecule has 0 amide bonds. The van der Waals surface area contributed by atoms with Crippen LogP contribution in [-0.4, -0.2) is 36.3 Å². The van der Waals surface area contributed by atoms with Crippen molar-refractivity contribution in [3.8, 4) is 0 Å². The number of hydrogen-bond acceptors (Lipinski definition) is 3. The Morgan fingerprint density at radius 2 is 2.16 bits per heavy atom. The molecule has 0 saturated heterocycles. The first kappa shape index (κ1) is 15.4. The van der Waals surface area contributed by atoms with Gasteiger partial charge in [0, 0.05) is 23.1 Å². The van der Waals surface area contributed by atoms with Crippen LogP contribution < -0.4 is 5.32 Å². The highest BCUT2D eigenvalue weighted by molar-refractivity contribution is 8.00. The molecule has 1 saturated carbocycles. The maximum Gasteiger partial charge on any atom is 0.0689 e. The van der Waals surface area contributed by atoms with Crippen molar-refractivity contribution >= 4 is 11.8 Å². The SMILES string of the molecule is CC(CC(C)SC1CCCC1)NCC1=CCCOC1. The quantitative estimate of drug-likeness (QED) is 0.719. The Hall–Kier alpha value is 0.01000. The zero-order valence-corrected chi connectivity index (χ0v) is 13.3. The van der Waals surface area contributed by atoms with Gasteiger partial charge in [0.2, 0.25) is 0 Å². The predicted molar refractivity (Wildman–Crippen MR) is 84.9 cm³/mol. The Kier molecular flexibility index (Phi) is 6.75. The summed E-state index contributed by atoms with van der Waals surface area (Å²) in [5.41, 5.74) is 1.43. The molecule has 2 rings (SSSR count). The van der Waals surface area contributed by atoms with Gasteiger partial charge in [0.05, 0.1) is 13.2 Å². The van der Waals surface area contributed by atoms with Gasteiger partial charge in [-0.2, -0.15) is 11.8 Å². The van der Waals surface area contributed by atoms with Crippen LogP contribution in [0.1, 0.15) is 52.4 Å². The predicted octanol–water partition coefficient (Wildman–Crippen LogP) is 3.77. The standard InChI is InChI=1S/C16H29NOS/c1-13(17-11-15-6-5-9-18-12-15)10-14(2)19-16-7-3-4-8-16/h6,13-14,16-17H,3-5,7-12H2,1-2H3. The van der Waals surface area contributed by atoms with Gasteiger partial charge in [0.1, 0.15) is 0 Å². The first-order valence-corrected chi connectivity index (χ1v) is 8.83. The van der Waals surface area contributed by atoms with Crippen molar-refractivity contribution in [3.63, 3.8) is 0 Å². The van der Waals surface area contributed by atoms with E-state index in [0.29, 0.717) is 6.04 Å². The third-order valence-corrected chi connectivity index (χ3v) is 5.59. The summed E-state index contributed by atoms with van der Waals surface area (Å²) in [5.74, 6) is 0. The van der Waals surface area contributed by atoms with Crippen LogP contribution in [-0.2, 0) is 4.74 Å². The summed E-state index contributed by atoms with van der Waals surface area (Å²) in [6, 6.07) is 0.603. The van der Waals surface area contributed by atoms with Crippen molar-refractivity contribution in [2.45, 2.75) is 68.9 Å². The molecule has 2 nitrogen and oxygen atoms in total. The van der Waals surface area contributed by atoms with Crippen LogP contribution >= 0.6 is 11.8 Å². The molecule has 0 radical (unpaired) electrons. The van der Waals surface area contributed by atoms with Gasteiger partial charge in [0.15, 0.2) is 0 Å². The highest BCUT2D eigenvalue weighted by atomic mass is 32.2. The first-order chi connectivity index (χ1) is 9.24. The summed E-state index contributed by atoms with van der Waals surface area (Å²) in [5, 5.41) is 5.37. The fourth-order valence-corrected chi connectivity index (χ4v) is 4.69. The van der Waals surface area contributed by atoms with Gasteiger partial charge < -0.3 is 10.1 Å². The molecule has 0 bridgehead atoms. The van der Waals surface area contributed by atoms with Crippen LogP contribution in [0.5, 0.6) is 0 Å². The van der Waals surface area contributed by atoms with Crippen LogP contribution in [0.2, 0.25) is 0 Å². The Balaban J connectivity index is 1.59. The minimum absolute atomic E-state index is 0.603. The van der Waals surface area contributed by atoms with E-state index in [9.17, 15) is 0 Å². The summed E-state index contributed by atoms with van der Waals surface area (Å²) in [6.07, 6.45) is 10.5. The highest BCUT2D eigenvalue weighted by Gasteiger charge is 2.19. The second-order valence-electron chi connectivity index (χ2n) is 6.07. The van der Waals surface area contributed by atoms with Crippen LogP contribution in [0.25, 0.3) is 0 Å². The Bertz CT molecular complexity index is 286. The maximum absolute atomic E-state index is 5.47. The molecule has 3 heteroatoms. The average Bonchev–Trinajstić information content (AvgIpc) is 2.90. The number of hydrogen-bond donors (Lipinski definition) is 1. The minimum atomic E-state index is 0.603. The zero-order chi connectivity index (χ0) is 13.5. The molecule has 2 unspecified atom stereocenters. The van der Waals surface area contributed by atoms with Crippen molar-refractivity contribution in [2.24, 2.45) is 0 Å². The molecular formula is C16H29NOS. The number of thioether (sulfide) groups is 1. The summed E-state index contributed by atoms with van der Waals surface area (Å²) in [7, 11) is 0. The first-order valence-electron chi connectivity index (χ1n) is 7.88. The Morgan fingerprint density at radius 1 is 1.37 bits per heavy atom. The molecule has 1 aliphatic heterocycles. The molecule has 0 spiro atoms. The molecule has 1 fully saturated rings. The van der Waals surface area contributed by atoms with Gasteiger partial charge in [-0.05, 0) is 38.2 Å². The van der Waals surface area contributed by atoms with Gasteiger partial charge in [0.25, 0.3) is 0 Å². The van der Waals surface area contributed by atoms with E-state index in [1.165, 1.54) is 37.7 Å². The van der Waals surface area contributed by atoms with Gasteiger partial charge in [-0.3, -0.25) is 0 Å². The second kappa shape index (κ2) is 8.33. The van der Waals surface area contributed by atoms with E-state index < -0.39 is 0 Å². The number of ether oxygens (including phenoxy) is 1. The van der Waals surface area contributed by atoms with Gasteiger partial charge >= 0.3 is 0 Å². The molecule has 1 N–H and O–H groups in total. The average molecular weight is 283 g/mol. The van der Waals surface area contributed by atoms with E-state index in [4.69, 9.17) is 4.74 Å². The molecule has 2 aliphatic rings. The van der Waals surface area contributed by atoms with E-state index in [-0.39, 0.29) is 0 Å². The molecule has 19 heavy (non-hydrogen) atoms. The molecular weight excluding hydrogens is 254 g/mol. The lowest BCUT2D eigenvalue weighted by atomic mass is 10.1. The third kappa shape index (κ3) is 5.88. The molecule has 2 atom stereocenters. The summed E-state index contributed by atoms with van der Waals surface area (Å²) < 4.78 is 5.47. The minimum Gasteiger partial charge on any atom is -0.377 e. The van der Waals surface area contributed by atoms with E-state index >= 15 is 0 Å². The monoisotopic (exact) mass is 283 g/mol. The topological polar surface area (TPSA) is 21.3 Å². The number of rotatable bonds is 7. The zero-order valence-electron chi connectivity index (χ0n) is 12.5. The maximum atomic E-state index is 5.47. The van der Waals surface area contributed by atoms with E-state index in [1.54, 1.807) is 0 Å². The van der Waals surface area contributed by atoms with Crippen molar-refractivity contribution in [3.05, 3.63) is 11.6 Å². The fourth-order valence-electron chi connectivity index (χ4n) is 3.03. The summed E-state index contributed by atoms with van der Waals surface area (Å²) in [6.45, 7) is 7.43. The normalized spacial score (nSPS) is 24.2. The van der Waals surface area contributed by atoms with Crippen molar-refractivity contribution in [1.29, 1.82) is 0 Å². The largest absolute Gasteiger partial charge is 0.377 e. The molecule has 0 aromatic heterocycles. The van der Waals surface area contributed by atoms with E-state index in [0.717, 1.165) is 36.7 Å². The highest BCUT2D eigenvalue weighted by Crippen LogP contribution is 2.33. The number of nitrogens with one attached hydrogen (secondary N) is 1. The summed E-state index contributed by atoms with van der Waals surface area (Å²) >= 11 is 2.22. The van der Waals surface area contributed by atoms with Crippen LogP contribution in [0.3, 0.4) is 0 Å². The van der Waals surface area contributed by atoms with Gasteiger partial charge in [-0.15, -0.1) is 0 Å². The molecule has 1 aliphatic carbocycles. The fraction of sp³-hybridized carbons (Fsp3) is 0.875. The van der Waals surface area contributed by atoms with Crippen LogP contribution in [0.4, 0.5) is 0 Å².